The van der Waals surface area contributed by atoms with Crippen LogP contribution >= 0.6 is 0 Å². The number of hydrogen-bond donors (Lipinski definition) is 1. The van der Waals surface area contributed by atoms with Gasteiger partial charge in [-0.25, -0.2) is 0 Å². The van der Waals surface area contributed by atoms with E-state index < -0.39 is 0 Å². The Morgan fingerprint density at radius 3 is 2.67 bits per heavy atom. The van der Waals surface area contributed by atoms with Crippen LogP contribution < -0.4 is 5.32 Å². The molecule has 1 saturated heterocycles. The molecule has 2 rings (SSSR count). The van der Waals surface area contributed by atoms with Crippen LogP contribution in [0, 0.1) is 12.8 Å². The summed E-state index contributed by atoms with van der Waals surface area (Å²) >= 11 is 0. The number of rotatable bonds is 4. The van der Waals surface area contributed by atoms with Gasteiger partial charge in [0.1, 0.15) is 0 Å². The summed E-state index contributed by atoms with van der Waals surface area (Å²) in [5.41, 5.74) is 2.76. The van der Waals surface area contributed by atoms with Crippen LogP contribution in [0.3, 0.4) is 0 Å². The van der Waals surface area contributed by atoms with Gasteiger partial charge in [-0.2, -0.15) is 0 Å². The second-order valence-corrected chi connectivity index (χ2v) is 5.74. The van der Waals surface area contributed by atoms with Crippen LogP contribution in [0.5, 0.6) is 0 Å². The maximum Gasteiger partial charge on any atom is 0.0316 e. The molecule has 1 heterocycles. The van der Waals surface area contributed by atoms with E-state index in [2.05, 4.69) is 55.4 Å². The molecule has 1 aliphatic heterocycles. The number of benzene rings is 1. The van der Waals surface area contributed by atoms with Crippen molar-refractivity contribution in [3.05, 3.63) is 35.4 Å². The topological polar surface area (TPSA) is 15.3 Å². The lowest BCUT2D eigenvalue weighted by Crippen LogP contribution is -2.37. The van der Waals surface area contributed by atoms with Crippen LogP contribution in [0.1, 0.15) is 36.9 Å². The summed E-state index contributed by atoms with van der Waals surface area (Å²) in [7, 11) is 2.25. The number of nitrogens with one attached hydrogen (secondary N) is 1. The summed E-state index contributed by atoms with van der Waals surface area (Å²) in [6.07, 6.45) is 2.70. The number of aryl methyl sites for hydroxylation is 1. The molecule has 0 bridgehead atoms. The van der Waals surface area contributed by atoms with E-state index in [0.717, 1.165) is 5.92 Å². The van der Waals surface area contributed by atoms with E-state index in [9.17, 15) is 0 Å². The fraction of sp³-hybridized carbons (Fsp3) is 0.625. The SMILES string of the molecule is Cc1ccc(C(C)N(C)CC2CCCNC2)cc1. The summed E-state index contributed by atoms with van der Waals surface area (Å²) in [6, 6.07) is 9.45. The maximum atomic E-state index is 3.50. The molecular weight excluding hydrogens is 220 g/mol. The average Bonchev–Trinajstić information content (AvgIpc) is 2.40. The zero-order valence-corrected chi connectivity index (χ0v) is 11.9. The van der Waals surface area contributed by atoms with Gasteiger partial charge in [0, 0.05) is 12.6 Å². The summed E-state index contributed by atoms with van der Waals surface area (Å²) in [5, 5.41) is 3.50. The molecule has 2 unspecified atom stereocenters. The Hall–Kier alpha value is -0.860. The van der Waals surface area contributed by atoms with Gasteiger partial charge in [0.15, 0.2) is 0 Å². The third-order valence-corrected chi connectivity index (χ3v) is 4.17. The average molecular weight is 246 g/mol. The predicted octanol–water partition coefficient (Wildman–Crippen LogP) is 2.99. The number of piperidine rings is 1. The summed E-state index contributed by atoms with van der Waals surface area (Å²) in [4.78, 5) is 2.49. The fourth-order valence-corrected chi connectivity index (χ4v) is 2.74. The maximum absolute atomic E-state index is 3.50. The molecule has 0 aliphatic carbocycles. The molecule has 0 saturated carbocycles. The largest absolute Gasteiger partial charge is 0.316 e. The Bertz CT molecular complexity index is 352. The van der Waals surface area contributed by atoms with Gasteiger partial charge in [0.05, 0.1) is 0 Å². The number of nitrogens with zero attached hydrogens (tertiary/aromatic N) is 1. The number of hydrogen-bond acceptors (Lipinski definition) is 2. The van der Waals surface area contributed by atoms with Gasteiger partial charge in [0.25, 0.3) is 0 Å². The van der Waals surface area contributed by atoms with E-state index in [1.807, 2.05) is 0 Å². The van der Waals surface area contributed by atoms with Crippen LogP contribution in [0.25, 0.3) is 0 Å². The van der Waals surface area contributed by atoms with Gasteiger partial charge in [-0.15, -0.1) is 0 Å². The van der Waals surface area contributed by atoms with Crippen LogP contribution in [-0.2, 0) is 0 Å². The molecule has 0 amide bonds. The Kier molecular flexibility index (Phi) is 4.79. The van der Waals surface area contributed by atoms with Crippen molar-refractivity contribution in [2.45, 2.75) is 32.7 Å². The standard InChI is InChI=1S/C16H26N2/c1-13-6-8-16(9-7-13)14(2)18(3)12-15-5-4-10-17-11-15/h6-9,14-15,17H,4-5,10-12H2,1-3H3. The predicted molar refractivity (Wildman–Crippen MR) is 77.8 cm³/mol. The lowest BCUT2D eigenvalue weighted by Gasteiger charge is -2.31. The first-order valence-electron chi connectivity index (χ1n) is 7.14. The Balaban J connectivity index is 1.91. The van der Waals surface area contributed by atoms with Gasteiger partial charge < -0.3 is 5.32 Å². The monoisotopic (exact) mass is 246 g/mol. The van der Waals surface area contributed by atoms with E-state index >= 15 is 0 Å². The van der Waals surface area contributed by atoms with Crippen molar-refractivity contribution >= 4 is 0 Å². The van der Waals surface area contributed by atoms with E-state index in [-0.39, 0.29) is 0 Å². The summed E-state index contributed by atoms with van der Waals surface area (Å²) in [5.74, 6) is 0.816. The molecule has 1 fully saturated rings. The van der Waals surface area contributed by atoms with Crippen molar-refractivity contribution in [3.8, 4) is 0 Å². The van der Waals surface area contributed by atoms with Gasteiger partial charge in [-0.05, 0) is 58.3 Å². The molecule has 0 aromatic heterocycles. The van der Waals surface area contributed by atoms with Gasteiger partial charge in [-0.3, -0.25) is 4.90 Å². The normalized spacial score (nSPS) is 22.1. The molecule has 1 aliphatic rings. The Morgan fingerprint density at radius 2 is 2.06 bits per heavy atom. The van der Waals surface area contributed by atoms with Crippen LogP contribution in [0.2, 0.25) is 0 Å². The lowest BCUT2D eigenvalue weighted by molar-refractivity contribution is 0.199. The zero-order chi connectivity index (χ0) is 13.0. The molecule has 2 nitrogen and oxygen atoms in total. The minimum Gasteiger partial charge on any atom is -0.316 e. The van der Waals surface area contributed by atoms with Crippen LogP contribution in [0.15, 0.2) is 24.3 Å². The molecule has 2 heteroatoms. The molecule has 1 N–H and O–H groups in total. The van der Waals surface area contributed by atoms with E-state index in [4.69, 9.17) is 0 Å². The molecule has 100 valence electrons. The molecule has 2 atom stereocenters. The minimum atomic E-state index is 0.507. The van der Waals surface area contributed by atoms with Crippen molar-refractivity contribution in [1.29, 1.82) is 0 Å². The van der Waals surface area contributed by atoms with Gasteiger partial charge in [-0.1, -0.05) is 29.8 Å². The molecule has 1 aromatic carbocycles. The van der Waals surface area contributed by atoms with Crippen molar-refractivity contribution in [2.24, 2.45) is 5.92 Å². The molecule has 0 spiro atoms. The highest BCUT2D eigenvalue weighted by Crippen LogP contribution is 2.21. The van der Waals surface area contributed by atoms with Crippen LogP contribution in [-0.4, -0.2) is 31.6 Å². The Morgan fingerprint density at radius 1 is 1.33 bits per heavy atom. The van der Waals surface area contributed by atoms with Crippen molar-refractivity contribution in [1.82, 2.24) is 10.2 Å². The lowest BCUT2D eigenvalue weighted by atomic mass is 9.97. The Labute approximate surface area is 111 Å². The molecule has 1 aromatic rings. The smallest absolute Gasteiger partial charge is 0.0316 e. The quantitative estimate of drug-likeness (QED) is 0.878. The van der Waals surface area contributed by atoms with E-state index in [0.29, 0.717) is 6.04 Å². The van der Waals surface area contributed by atoms with E-state index in [1.54, 1.807) is 0 Å². The highest BCUT2D eigenvalue weighted by molar-refractivity contribution is 5.23. The van der Waals surface area contributed by atoms with Crippen LogP contribution in [0.4, 0.5) is 0 Å². The molecule has 0 radical (unpaired) electrons. The van der Waals surface area contributed by atoms with E-state index in [1.165, 1.54) is 43.6 Å². The summed E-state index contributed by atoms with van der Waals surface area (Å²) < 4.78 is 0. The first kappa shape index (κ1) is 13.6. The summed E-state index contributed by atoms with van der Waals surface area (Å²) in [6.45, 7) is 8.04. The highest BCUT2D eigenvalue weighted by Gasteiger charge is 2.18. The van der Waals surface area contributed by atoms with Crippen molar-refractivity contribution in [3.63, 3.8) is 0 Å². The highest BCUT2D eigenvalue weighted by atomic mass is 15.1. The fourth-order valence-electron chi connectivity index (χ4n) is 2.74. The second kappa shape index (κ2) is 6.35. The van der Waals surface area contributed by atoms with Crippen molar-refractivity contribution < 1.29 is 0 Å². The molecule has 18 heavy (non-hydrogen) atoms. The first-order chi connectivity index (χ1) is 8.66. The minimum absolute atomic E-state index is 0.507. The third kappa shape index (κ3) is 3.56. The molecular formula is C16H26N2. The second-order valence-electron chi connectivity index (χ2n) is 5.74. The zero-order valence-electron chi connectivity index (χ0n) is 11.9. The van der Waals surface area contributed by atoms with Crippen molar-refractivity contribution in [2.75, 3.05) is 26.7 Å². The van der Waals surface area contributed by atoms with Gasteiger partial charge in [0.2, 0.25) is 0 Å². The van der Waals surface area contributed by atoms with Gasteiger partial charge >= 0.3 is 0 Å². The first-order valence-corrected chi connectivity index (χ1v) is 7.14. The third-order valence-electron chi connectivity index (χ3n) is 4.17.